The first-order valence-corrected chi connectivity index (χ1v) is 12.8. The fourth-order valence-electron chi connectivity index (χ4n) is 4.75. The third kappa shape index (κ3) is 5.38. The van der Waals surface area contributed by atoms with Crippen molar-refractivity contribution in [3.8, 4) is 35.0 Å². The van der Waals surface area contributed by atoms with Crippen LogP contribution in [-0.4, -0.2) is 41.5 Å². The number of hydrogen-bond acceptors (Lipinski definition) is 6. The molecule has 0 aliphatic heterocycles. The first kappa shape index (κ1) is 30.7. The summed E-state index contributed by atoms with van der Waals surface area (Å²) in [7, 11) is 0. The molecule has 0 amide bonds. The van der Waals surface area contributed by atoms with Gasteiger partial charge in [-0.1, -0.05) is 0 Å². The quantitative estimate of drug-likeness (QED) is 0.163. The van der Waals surface area contributed by atoms with Crippen LogP contribution < -0.4 is 0 Å². The third-order valence-electron chi connectivity index (χ3n) is 6.91. The van der Waals surface area contributed by atoms with Crippen LogP contribution in [0.2, 0.25) is 0 Å². The Kier molecular flexibility index (Phi) is 7.80. The summed E-state index contributed by atoms with van der Waals surface area (Å²) < 4.78 is 56.5. The number of phenols is 2. The molecule has 4 N–H and O–H groups in total. The van der Waals surface area contributed by atoms with Crippen LogP contribution in [0.25, 0.3) is 33.2 Å². The molecule has 2 heterocycles. The molecule has 6 aromatic rings. The molecule has 0 fully saturated rings. The number of halogens is 4. The first-order valence-electron chi connectivity index (χ1n) is 12.8. The summed E-state index contributed by atoms with van der Waals surface area (Å²) in [6, 6.07) is 15.0. The number of benzene rings is 4. The van der Waals surface area contributed by atoms with Gasteiger partial charge in [0.1, 0.15) is 34.8 Å². The number of carboxylic acids is 2. The van der Waals surface area contributed by atoms with Gasteiger partial charge < -0.3 is 29.6 Å². The molecule has 228 valence electrons. The highest BCUT2D eigenvalue weighted by Crippen LogP contribution is 2.31. The molecule has 4 aromatic carbocycles. The molecule has 0 spiro atoms. The maximum absolute atomic E-state index is 13.5. The van der Waals surface area contributed by atoms with Crippen molar-refractivity contribution in [2.24, 2.45) is 0 Å². The first-order chi connectivity index (χ1) is 21.8. The average molecular weight is 628 g/mol. The van der Waals surface area contributed by atoms with E-state index in [4.69, 9.17) is 20.7 Å². The molecule has 0 aliphatic rings. The zero-order valence-corrected chi connectivity index (χ0v) is 22.8. The zero-order chi connectivity index (χ0) is 33.4. The highest BCUT2D eigenvalue weighted by atomic mass is 19.2. The molecule has 0 aliphatic carbocycles. The van der Waals surface area contributed by atoms with Crippen LogP contribution in [-0.2, 0) is 0 Å². The van der Waals surface area contributed by atoms with Gasteiger partial charge in [0, 0.05) is 58.8 Å². The number of aromatic nitrogens is 2. The number of aromatic carboxylic acids is 2. The minimum absolute atomic E-state index is 0.126. The minimum Gasteiger partial charge on any atom is -0.507 e. The Morgan fingerprint density at radius 2 is 0.935 bits per heavy atom. The summed E-state index contributed by atoms with van der Waals surface area (Å²) in [5.74, 6) is -7.84. The van der Waals surface area contributed by atoms with E-state index in [0.29, 0.717) is 11.4 Å². The molecule has 2 aromatic heterocycles. The highest BCUT2D eigenvalue weighted by molar-refractivity contribution is 5.93. The summed E-state index contributed by atoms with van der Waals surface area (Å²) >= 11 is 0. The van der Waals surface area contributed by atoms with Crippen molar-refractivity contribution < 1.29 is 47.6 Å². The molecule has 0 saturated carbocycles. The lowest BCUT2D eigenvalue weighted by Gasteiger charge is -2.08. The van der Waals surface area contributed by atoms with Gasteiger partial charge in [-0.3, -0.25) is 0 Å². The van der Waals surface area contributed by atoms with Crippen LogP contribution in [0.3, 0.4) is 0 Å². The Morgan fingerprint density at radius 1 is 0.587 bits per heavy atom. The van der Waals surface area contributed by atoms with Crippen molar-refractivity contribution in [1.29, 1.82) is 10.5 Å². The van der Waals surface area contributed by atoms with Gasteiger partial charge in [0.25, 0.3) is 0 Å². The molecule has 0 radical (unpaired) electrons. The van der Waals surface area contributed by atoms with Gasteiger partial charge >= 0.3 is 11.9 Å². The lowest BCUT2D eigenvalue weighted by molar-refractivity contribution is 0.0682. The lowest BCUT2D eigenvalue weighted by atomic mass is 10.1. The van der Waals surface area contributed by atoms with Crippen molar-refractivity contribution in [1.82, 2.24) is 9.13 Å². The molecule has 6 rings (SSSR count). The van der Waals surface area contributed by atoms with Crippen LogP contribution in [0.1, 0.15) is 31.8 Å². The lowest BCUT2D eigenvalue weighted by Crippen LogP contribution is -1.99. The number of fused-ring (bicyclic) bond motifs is 2. The van der Waals surface area contributed by atoms with E-state index in [2.05, 4.69) is 0 Å². The third-order valence-corrected chi connectivity index (χ3v) is 6.91. The Labute approximate surface area is 254 Å². The van der Waals surface area contributed by atoms with Crippen molar-refractivity contribution in [2.75, 3.05) is 0 Å². The van der Waals surface area contributed by atoms with Gasteiger partial charge in [-0.25, -0.2) is 27.2 Å². The second-order valence-corrected chi connectivity index (χ2v) is 9.63. The predicted molar refractivity (Wildman–Crippen MR) is 153 cm³/mol. The van der Waals surface area contributed by atoms with Crippen LogP contribution in [0, 0.1) is 45.9 Å². The van der Waals surface area contributed by atoms with E-state index in [1.807, 2.05) is 12.1 Å². The van der Waals surface area contributed by atoms with Crippen molar-refractivity contribution in [3.63, 3.8) is 0 Å². The number of nitriles is 2. The molecule has 46 heavy (non-hydrogen) atoms. The Balaban J connectivity index is 0.000000181. The second-order valence-electron chi connectivity index (χ2n) is 9.63. The average Bonchev–Trinajstić information content (AvgIpc) is 3.54. The van der Waals surface area contributed by atoms with E-state index in [1.54, 1.807) is 0 Å². The molecule has 0 atom stereocenters. The maximum atomic E-state index is 13.5. The zero-order valence-electron chi connectivity index (χ0n) is 22.8. The topological polar surface area (TPSA) is 172 Å². The van der Waals surface area contributed by atoms with E-state index < -0.39 is 46.7 Å². The number of nitrogens with zero attached hydrogens (tertiary/aromatic N) is 4. The monoisotopic (exact) mass is 628 g/mol. The molecule has 0 saturated heterocycles. The minimum atomic E-state index is -1.29. The maximum Gasteiger partial charge on any atom is 0.339 e. The number of aromatic hydroxyl groups is 2. The van der Waals surface area contributed by atoms with E-state index in [-0.39, 0.29) is 44.1 Å². The Bertz CT molecular complexity index is 2170. The Morgan fingerprint density at radius 3 is 1.24 bits per heavy atom. The van der Waals surface area contributed by atoms with Gasteiger partial charge in [-0.2, -0.15) is 10.5 Å². The number of carboxylic acid groups (broad SMARTS) is 2. The second kappa shape index (κ2) is 11.7. The van der Waals surface area contributed by atoms with Gasteiger partial charge in [-0.05, 0) is 36.4 Å². The normalized spacial score (nSPS) is 10.7. The fraction of sp³-hybridized carbons (Fsp3) is 0. The standard InChI is InChI=1S/2C16H8F2N2O3/c2*17-12-4-11-8(6-19)7-20(14(11)5-13(12)18)9-1-2-10(16(22)23)15(21)3-9/h2*1-5,7,21H,(H,22,23). The summed E-state index contributed by atoms with van der Waals surface area (Å²) in [5, 5.41) is 56.0. The Hall–Kier alpha value is -6.80. The molecular weight excluding hydrogens is 612 g/mol. The van der Waals surface area contributed by atoms with E-state index in [1.165, 1.54) is 57.9 Å². The van der Waals surface area contributed by atoms with Gasteiger partial charge in [0.15, 0.2) is 23.3 Å². The SMILES string of the molecule is N#Cc1cn(-c2ccc(C(=O)O)c(O)c2)c2cc(F)c(F)cc12.N#Cc1cn(-c2ccc(C(=O)O)c(O)c2)c2cc(F)c(F)cc12. The summed E-state index contributed by atoms with van der Waals surface area (Å²) in [6.07, 6.45) is 2.72. The van der Waals surface area contributed by atoms with Gasteiger partial charge in [0.2, 0.25) is 0 Å². The number of carbonyl (C=O) groups is 2. The number of rotatable bonds is 4. The van der Waals surface area contributed by atoms with Crippen LogP contribution in [0.5, 0.6) is 11.5 Å². The summed E-state index contributed by atoms with van der Waals surface area (Å²) in [6.45, 7) is 0. The molecular formula is C32H16F4N4O6. The fourth-order valence-corrected chi connectivity index (χ4v) is 4.75. The molecule has 14 heteroatoms. The van der Waals surface area contributed by atoms with E-state index >= 15 is 0 Å². The molecule has 0 bridgehead atoms. The highest BCUT2D eigenvalue weighted by Gasteiger charge is 2.18. The smallest absolute Gasteiger partial charge is 0.339 e. The van der Waals surface area contributed by atoms with Crippen molar-refractivity contribution >= 4 is 33.7 Å². The predicted octanol–water partition coefficient (Wildman–Crippen LogP) is 6.37. The van der Waals surface area contributed by atoms with E-state index in [0.717, 1.165) is 24.3 Å². The summed E-state index contributed by atoms with van der Waals surface area (Å²) in [4.78, 5) is 21.8. The summed E-state index contributed by atoms with van der Waals surface area (Å²) in [5.41, 5.74) is 0.744. The number of hydrogen-bond donors (Lipinski definition) is 4. The van der Waals surface area contributed by atoms with Crippen molar-refractivity contribution in [3.05, 3.63) is 119 Å². The molecule has 0 unspecified atom stereocenters. The largest absolute Gasteiger partial charge is 0.507 e. The molecule has 10 nitrogen and oxygen atoms in total. The van der Waals surface area contributed by atoms with Crippen LogP contribution in [0.15, 0.2) is 73.1 Å². The van der Waals surface area contributed by atoms with Crippen molar-refractivity contribution in [2.45, 2.75) is 0 Å². The van der Waals surface area contributed by atoms with Crippen LogP contribution in [0.4, 0.5) is 17.6 Å². The van der Waals surface area contributed by atoms with E-state index in [9.17, 15) is 37.4 Å². The van der Waals surface area contributed by atoms with Gasteiger partial charge in [-0.15, -0.1) is 0 Å². The van der Waals surface area contributed by atoms with Crippen LogP contribution >= 0.6 is 0 Å². The van der Waals surface area contributed by atoms with Gasteiger partial charge in [0.05, 0.1) is 22.2 Å².